The van der Waals surface area contributed by atoms with Gasteiger partial charge in [0.25, 0.3) is 0 Å². The molecule has 120 valence electrons. The van der Waals surface area contributed by atoms with Gasteiger partial charge in [0.1, 0.15) is 8.07 Å². The molecule has 0 atom stereocenters. The summed E-state index contributed by atoms with van der Waals surface area (Å²) in [7, 11) is -2.87. The van der Waals surface area contributed by atoms with E-state index in [1.807, 2.05) is 0 Å². The lowest BCUT2D eigenvalue weighted by Gasteiger charge is -2.27. The molecule has 0 fully saturated rings. The van der Waals surface area contributed by atoms with Gasteiger partial charge in [0.05, 0.1) is 6.61 Å². The summed E-state index contributed by atoms with van der Waals surface area (Å²) < 4.78 is 4.51. The fourth-order valence-electron chi connectivity index (χ4n) is 2.28. The van der Waals surface area contributed by atoms with Gasteiger partial charge < -0.3 is 9.84 Å². The molecule has 0 rings (SSSR count). The molecule has 5 heteroatoms. The number of rotatable bonds is 12. The lowest BCUT2D eigenvalue weighted by atomic mass is 10.3. The second-order valence-electron chi connectivity index (χ2n) is 6.31. The Hall–Kier alpha value is -1.08. The van der Waals surface area contributed by atoms with Crippen molar-refractivity contribution < 1.29 is 14.6 Å². The maximum Gasteiger partial charge on any atom is 0.505 e. The van der Waals surface area contributed by atoms with Crippen LogP contribution in [-0.4, -0.2) is 34.0 Å². The highest BCUT2D eigenvalue weighted by molar-refractivity contribution is 6.94. The van der Waals surface area contributed by atoms with Crippen LogP contribution in [0.25, 0.3) is 0 Å². The summed E-state index contributed by atoms with van der Waals surface area (Å²) >= 11 is 0. The van der Waals surface area contributed by atoms with Gasteiger partial charge in [-0.2, -0.15) is 0 Å². The largest absolute Gasteiger partial charge is 0.505 e. The van der Waals surface area contributed by atoms with Crippen LogP contribution in [0.2, 0.25) is 31.2 Å². The van der Waals surface area contributed by atoms with Crippen molar-refractivity contribution in [2.45, 2.75) is 50.5 Å². The normalized spacial score (nSPS) is 11.7. The molecule has 0 bridgehead atoms. The predicted octanol–water partition coefficient (Wildman–Crippen LogP) is 5.18. The van der Waals surface area contributed by atoms with Crippen LogP contribution in [0.1, 0.15) is 19.3 Å². The van der Waals surface area contributed by atoms with E-state index in [9.17, 15) is 4.79 Å². The number of carboxylic acid groups (broad SMARTS) is 1. The molecular weight excluding hydrogens is 296 g/mol. The molecular formula is C16H30O3Si2. The smallest absolute Gasteiger partial charge is 0.450 e. The van der Waals surface area contributed by atoms with Crippen LogP contribution in [0.3, 0.4) is 0 Å². The average Bonchev–Trinajstić information content (AvgIpc) is 2.44. The first-order valence-electron chi connectivity index (χ1n) is 7.57. The molecule has 0 saturated heterocycles. The molecule has 0 amide bonds. The van der Waals surface area contributed by atoms with Gasteiger partial charge in [0.2, 0.25) is 0 Å². The zero-order valence-electron chi connectivity index (χ0n) is 13.6. The van der Waals surface area contributed by atoms with Gasteiger partial charge in [-0.15, -0.1) is 19.7 Å². The van der Waals surface area contributed by atoms with Gasteiger partial charge in [-0.1, -0.05) is 55.1 Å². The molecule has 0 aromatic heterocycles. The predicted molar refractivity (Wildman–Crippen MR) is 96.1 cm³/mol. The Balaban J connectivity index is 4.03. The number of unbranched alkanes of at least 4 members (excludes halogenated alkanes) is 2. The van der Waals surface area contributed by atoms with Crippen LogP contribution in [0, 0.1) is 0 Å². The number of hydrogen-bond donors (Lipinski definition) is 1. The summed E-state index contributed by atoms with van der Waals surface area (Å²) in [5, 5.41) is 8.38. The zero-order chi connectivity index (χ0) is 16.4. The molecule has 0 aliphatic carbocycles. The lowest BCUT2D eigenvalue weighted by molar-refractivity contribution is 0.0901. The summed E-state index contributed by atoms with van der Waals surface area (Å²) in [4.78, 5) is 10.2. The second-order valence-corrected chi connectivity index (χ2v) is 15.6. The third-order valence-electron chi connectivity index (χ3n) is 4.10. The molecule has 0 radical (unpaired) electrons. The third-order valence-corrected chi connectivity index (χ3v) is 11.3. The molecule has 0 unspecified atom stereocenters. The third kappa shape index (κ3) is 8.73. The van der Waals surface area contributed by atoms with Gasteiger partial charge in [0.15, 0.2) is 0 Å². The monoisotopic (exact) mass is 326 g/mol. The molecule has 0 spiro atoms. The van der Waals surface area contributed by atoms with Crippen LogP contribution in [0.5, 0.6) is 0 Å². The van der Waals surface area contributed by atoms with E-state index in [0.717, 1.165) is 19.3 Å². The minimum Gasteiger partial charge on any atom is -0.450 e. The molecule has 0 aliphatic rings. The van der Waals surface area contributed by atoms with E-state index < -0.39 is 22.3 Å². The van der Waals surface area contributed by atoms with Crippen molar-refractivity contribution in [2.75, 3.05) is 6.61 Å². The Morgan fingerprint density at radius 3 is 2.05 bits per heavy atom. The molecule has 0 aliphatic heterocycles. The van der Waals surface area contributed by atoms with E-state index in [1.165, 1.54) is 18.1 Å². The van der Waals surface area contributed by atoms with Crippen molar-refractivity contribution in [3.8, 4) is 0 Å². The van der Waals surface area contributed by atoms with Gasteiger partial charge >= 0.3 is 6.16 Å². The van der Waals surface area contributed by atoms with Crippen LogP contribution < -0.4 is 0 Å². The van der Waals surface area contributed by atoms with E-state index in [-0.39, 0.29) is 0 Å². The van der Waals surface area contributed by atoms with Crippen LogP contribution >= 0.6 is 0 Å². The standard InChI is InChI=1S/C16H30O3Si2/c1-6-21(7-2,8-3)15-14-20(4,5)13-11-9-10-12-19-16(17)18/h6-8H,1-3,9-15H2,4-5H3,(H,17,18). The molecule has 0 saturated carbocycles. The summed E-state index contributed by atoms with van der Waals surface area (Å²) in [5.41, 5.74) is 6.21. The molecule has 0 heterocycles. The van der Waals surface area contributed by atoms with Crippen molar-refractivity contribution in [3.05, 3.63) is 36.8 Å². The highest BCUT2D eigenvalue weighted by atomic mass is 28.3. The summed E-state index contributed by atoms with van der Waals surface area (Å²) in [5.74, 6) is 0. The van der Waals surface area contributed by atoms with Gasteiger partial charge in [0, 0.05) is 8.07 Å². The fraction of sp³-hybridized carbons (Fsp3) is 0.562. The first-order valence-corrected chi connectivity index (χ1v) is 13.4. The highest BCUT2D eigenvalue weighted by Gasteiger charge is 2.27. The molecule has 3 nitrogen and oxygen atoms in total. The van der Waals surface area contributed by atoms with E-state index in [4.69, 9.17) is 5.11 Å². The molecule has 1 N–H and O–H groups in total. The quantitative estimate of drug-likeness (QED) is 0.305. The van der Waals surface area contributed by atoms with E-state index >= 15 is 0 Å². The zero-order valence-corrected chi connectivity index (χ0v) is 15.6. The lowest BCUT2D eigenvalue weighted by Crippen LogP contribution is -2.33. The Kier molecular flexibility index (Phi) is 9.29. The molecule has 0 aromatic rings. The summed E-state index contributed by atoms with van der Waals surface area (Å²) in [6.07, 6.45) is 1.84. The van der Waals surface area contributed by atoms with Gasteiger partial charge in [-0.3, -0.25) is 0 Å². The molecule has 21 heavy (non-hydrogen) atoms. The Morgan fingerprint density at radius 2 is 1.57 bits per heavy atom. The maximum absolute atomic E-state index is 10.2. The number of ether oxygens (including phenoxy) is 1. The van der Waals surface area contributed by atoms with E-state index in [2.05, 4.69) is 54.7 Å². The van der Waals surface area contributed by atoms with E-state index in [1.54, 1.807) is 0 Å². The fourth-order valence-corrected chi connectivity index (χ4v) is 9.29. The van der Waals surface area contributed by atoms with Crippen molar-refractivity contribution in [2.24, 2.45) is 0 Å². The first-order chi connectivity index (χ1) is 9.81. The highest BCUT2D eigenvalue weighted by Crippen LogP contribution is 2.26. The summed E-state index contributed by atoms with van der Waals surface area (Å²) in [6.45, 7) is 17.0. The van der Waals surface area contributed by atoms with Crippen LogP contribution in [0.15, 0.2) is 36.8 Å². The van der Waals surface area contributed by atoms with Crippen LogP contribution in [-0.2, 0) is 4.74 Å². The van der Waals surface area contributed by atoms with Gasteiger partial charge in [-0.05, 0) is 12.5 Å². The van der Waals surface area contributed by atoms with Crippen molar-refractivity contribution in [1.82, 2.24) is 0 Å². The first kappa shape index (κ1) is 19.9. The van der Waals surface area contributed by atoms with Crippen molar-refractivity contribution >= 4 is 22.3 Å². The van der Waals surface area contributed by atoms with E-state index in [0.29, 0.717) is 6.61 Å². The maximum atomic E-state index is 10.2. The SMILES string of the molecule is C=C[Si](C=C)(C=C)CC[Si](C)(C)CCCCCOC(=O)O. The molecule has 0 aromatic carbocycles. The summed E-state index contributed by atoms with van der Waals surface area (Å²) in [6, 6.07) is 3.72. The van der Waals surface area contributed by atoms with Crippen LogP contribution in [0.4, 0.5) is 4.79 Å². The Morgan fingerprint density at radius 1 is 1.00 bits per heavy atom. The minimum atomic E-state index is -1.66. The van der Waals surface area contributed by atoms with Gasteiger partial charge in [-0.25, -0.2) is 4.79 Å². The second kappa shape index (κ2) is 9.79. The Labute approximate surface area is 131 Å². The number of hydrogen-bond acceptors (Lipinski definition) is 2. The average molecular weight is 327 g/mol. The van der Waals surface area contributed by atoms with Crippen molar-refractivity contribution in [1.29, 1.82) is 0 Å². The van der Waals surface area contributed by atoms with Crippen molar-refractivity contribution in [3.63, 3.8) is 0 Å². The minimum absolute atomic E-state index is 0.316. The topological polar surface area (TPSA) is 46.5 Å². The number of carbonyl (C=O) groups is 1. The Bertz CT molecular complexity index is 343.